The van der Waals surface area contributed by atoms with Gasteiger partial charge < -0.3 is 4.74 Å². The number of ether oxygens (including phenoxy) is 1. The highest BCUT2D eigenvalue weighted by atomic mass is 19.3. The lowest BCUT2D eigenvalue weighted by molar-refractivity contribution is 0.0665. The monoisotopic (exact) mass is 345 g/mol. The Bertz CT molecular complexity index is 805. The van der Waals surface area contributed by atoms with Gasteiger partial charge in [-0.25, -0.2) is 4.98 Å². The maximum absolute atomic E-state index is 13.6. The fourth-order valence-electron chi connectivity index (χ4n) is 2.90. The summed E-state index contributed by atoms with van der Waals surface area (Å²) < 4.78 is 33.4. The molecule has 4 nitrogen and oxygen atoms in total. The number of hydrogen-bond donors (Lipinski definition) is 0. The molecule has 0 unspecified atom stereocenters. The van der Waals surface area contributed by atoms with Crippen molar-refractivity contribution in [2.45, 2.75) is 19.6 Å². The Labute approximate surface area is 145 Å². The summed E-state index contributed by atoms with van der Waals surface area (Å²) in [6, 6.07) is 16.9. The molecule has 0 N–H and O–H groups in total. The number of nitrogens with zero attached hydrogens (tertiary/aromatic N) is 3. The van der Waals surface area contributed by atoms with Crippen molar-refractivity contribution in [3.63, 3.8) is 0 Å². The summed E-state index contributed by atoms with van der Waals surface area (Å²) in [5, 5.41) is 0. The van der Waals surface area contributed by atoms with E-state index in [2.05, 4.69) is 9.88 Å². The molecule has 0 bridgehead atoms. The molecule has 3 aromatic rings. The van der Waals surface area contributed by atoms with E-state index in [1.807, 2.05) is 36.4 Å². The summed E-state index contributed by atoms with van der Waals surface area (Å²) in [6.45, 7) is -0.476. The van der Waals surface area contributed by atoms with Gasteiger partial charge in [0, 0.05) is 20.2 Å². The molecule has 0 amide bonds. The number of benzene rings is 2. The van der Waals surface area contributed by atoms with Gasteiger partial charge in [0.25, 0.3) is 0 Å². The lowest BCUT2D eigenvalue weighted by Crippen LogP contribution is -2.28. The van der Waals surface area contributed by atoms with E-state index in [4.69, 9.17) is 4.74 Å². The molecule has 25 heavy (non-hydrogen) atoms. The van der Waals surface area contributed by atoms with E-state index in [9.17, 15) is 8.78 Å². The van der Waals surface area contributed by atoms with Crippen molar-refractivity contribution in [3.05, 3.63) is 66.0 Å². The Morgan fingerprint density at radius 3 is 2.48 bits per heavy atom. The molecular weight excluding hydrogens is 324 g/mol. The Hall–Kier alpha value is -2.31. The maximum atomic E-state index is 13.6. The Morgan fingerprint density at radius 2 is 1.76 bits per heavy atom. The number of hydrogen-bond acceptors (Lipinski definition) is 3. The number of rotatable bonds is 8. The lowest BCUT2D eigenvalue weighted by Gasteiger charge is -2.22. The summed E-state index contributed by atoms with van der Waals surface area (Å²) in [6.07, 6.45) is 0. The maximum Gasteiger partial charge on any atom is 0.320 e. The first-order valence-electron chi connectivity index (χ1n) is 8.18. The zero-order valence-electron chi connectivity index (χ0n) is 14.1. The molecule has 1 heterocycles. The van der Waals surface area contributed by atoms with Crippen molar-refractivity contribution in [3.8, 4) is 0 Å². The average molecular weight is 345 g/mol. The average Bonchev–Trinajstić information content (AvgIpc) is 2.98. The minimum atomic E-state index is -2.62. The molecular formula is C19H21F2N3O. The van der Waals surface area contributed by atoms with Gasteiger partial charge in [-0.05, 0) is 17.7 Å². The largest absolute Gasteiger partial charge is 0.383 e. The van der Waals surface area contributed by atoms with Gasteiger partial charge in [0.1, 0.15) is 5.82 Å². The second-order valence-electron chi connectivity index (χ2n) is 5.85. The number of halogens is 2. The second kappa shape index (κ2) is 8.18. The van der Waals surface area contributed by atoms with Crippen molar-refractivity contribution < 1.29 is 13.5 Å². The lowest BCUT2D eigenvalue weighted by atomic mass is 10.2. The minimum absolute atomic E-state index is 0.331. The molecule has 0 atom stereocenters. The minimum Gasteiger partial charge on any atom is -0.383 e. The first-order chi connectivity index (χ1) is 12.2. The van der Waals surface area contributed by atoms with E-state index in [0.717, 1.165) is 10.1 Å². The molecule has 0 aliphatic heterocycles. The number of methoxy groups -OCH3 is 1. The molecule has 0 aliphatic rings. The highest BCUT2D eigenvalue weighted by molar-refractivity contribution is 5.75. The number of aromatic nitrogens is 2. The SMILES string of the molecule is COCCN(Cc1ccccc1)Cc1nc2ccccc2n1C(F)F. The van der Waals surface area contributed by atoms with Gasteiger partial charge in [0.15, 0.2) is 0 Å². The zero-order chi connectivity index (χ0) is 17.6. The van der Waals surface area contributed by atoms with Crippen LogP contribution in [-0.2, 0) is 17.8 Å². The fourth-order valence-corrected chi connectivity index (χ4v) is 2.90. The van der Waals surface area contributed by atoms with Gasteiger partial charge >= 0.3 is 6.55 Å². The summed E-state index contributed by atoms with van der Waals surface area (Å²) in [4.78, 5) is 6.49. The van der Waals surface area contributed by atoms with Crippen molar-refractivity contribution in [1.82, 2.24) is 14.5 Å². The van der Waals surface area contributed by atoms with Crippen molar-refractivity contribution in [2.24, 2.45) is 0 Å². The van der Waals surface area contributed by atoms with E-state index in [0.29, 0.717) is 43.1 Å². The van der Waals surface area contributed by atoms with Gasteiger partial charge in [0.05, 0.1) is 24.2 Å². The molecule has 1 aromatic heterocycles. The fraction of sp³-hybridized carbons (Fsp3) is 0.316. The molecule has 3 rings (SSSR count). The number of imidazole rings is 1. The van der Waals surface area contributed by atoms with Gasteiger partial charge in [0.2, 0.25) is 0 Å². The van der Waals surface area contributed by atoms with Crippen LogP contribution in [0.1, 0.15) is 17.9 Å². The molecule has 0 aliphatic carbocycles. The smallest absolute Gasteiger partial charge is 0.320 e. The Kier molecular flexibility index (Phi) is 5.73. The standard InChI is InChI=1S/C19H21F2N3O/c1-25-12-11-23(13-15-7-3-2-4-8-15)14-18-22-16-9-5-6-10-17(16)24(18)19(20)21/h2-10,19H,11-14H2,1H3. The van der Waals surface area contributed by atoms with Gasteiger partial charge in [-0.1, -0.05) is 42.5 Å². The first kappa shape index (κ1) is 17.5. The van der Waals surface area contributed by atoms with Crippen LogP contribution < -0.4 is 0 Å². The third-order valence-corrected chi connectivity index (χ3v) is 4.09. The van der Waals surface area contributed by atoms with Gasteiger partial charge in [-0.2, -0.15) is 8.78 Å². The van der Waals surface area contributed by atoms with E-state index in [1.165, 1.54) is 0 Å². The van der Waals surface area contributed by atoms with Crippen LogP contribution in [-0.4, -0.2) is 34.7 Å². The highest BCUT2D eigenvalue weighted by Gasteiger charge is 2.19. The molecule has 2 aromatic carbocycles. The third-order valence-electron chi connectivity index (χ3n) is 4.09. The topological polar surface area (TPSA) is 30.3 Å². The zero-order valence-corrected chi connectivity index (χ0v) is 14.1. The normalized spacial score (nSPS) is 11.7. The van der Waals surface area contributed by atoms with E-state index in [-0.39, 0.29) is 0 Å². The molecule has 132 valence electrons. The van der Waals surface area contributed by atoms with Crippen LogP contribution in [0.4, 0.5) is 8.78 Å². The van der Waals surface area contributed by atoms with Crippen LogP contribution in [0.2, 0.25) is 0 Å². The van der Waals surface area contributed by atoms with Crippen LogP contribution in [0.5, 0.6) is 0 Å². The Balaban J connectivity index is 1.88. The molecule has 0 fully saturated rings. The van der Waals surface area contributed by atoms with Gasteiger partial charge in [-0.15, -0.1) is 0 Å². The van der Waals surface area contributed by atoms with Gasteiger partial charge in [-0.3, -0.25) is 9.47 Å². The predicted molar refractivity (Wildman–Crippen MR) is 93.4 cm³/mol. The van der Waals surface area contributed by atoms with E-state index < -0.39 is 6.55 Å². The van der Waals surface area contributed by atoms with Crippen molar-refractivity contribution in [1.29, 1.82) is 0 Å². The van der Waals surface area contributed by atoms with Crippen LogP contribution in [0.15, 0.2) is 54.6 Å². The molecule has 0 saturated heterocycles. The van der Waals surface area contributed by atoms with Crippen molar-refractivity contribution >= 4 is 11.0 Å². The first-order valence-corrected chi connectivity index (χ1v) is 8.18. The quantitative estimate of drug-likeness (QED) is 0.616. The van der Waals surface area contributed by atoms with Crippen LogP contribution in [0.25, 0.3) is 11.0 Å². The van der Waals surface area contributed by atoms with Crippen LogP contribution in [0, 0.1) is 0 Å². The molecule has 0 radical (unpaired) electrons. The summed E-state index contributed by atoms with van der Waals surface area (Å²) in [5.41, 5.74) is 2.17. The van der Waals surface area contributed by atoms with E-state index in [1.54, 1.807) is 25.3 Å². The van der Waals surface area contributed by atoms with E-state index >= 15 is 0 Å². The predicted octanol–water partition coefficient (Wildman–Crippen LogP) is 4.08. The molecule has 6 heteroatoms. The summed E-state index contributed by atoms with van der Waals surface area (Å²) in [5.74, 6) is 0.364. The summed E-state index contributed by atoms with van der Waals surface area (Å²) in [7, 11) is 1.63. The van der Waals surface area contributed by atoms with Crippen molar-refractivity contribution in [2.75, 3.05) is 20.3 Å². The highest BCUT2D eigenvalue weighted by Crippen LogP contribution is 2.24. The van der Waals surface area contributed by atoms with Crippen LogP contribution >= 0.6 is 0 Å². The third kappa shape index (κ3) is 4.21. The molecule has 0 saturated carbocycles. The Morgan fingerprint density at radius 1 is 1.04 bits per heavy atom. The second-order valence-corrected chi connectivity index (χ2v) is 5.85. The summed E-state index contributed by atoms with van der Waals surface area (Å²) >= 11 is 0. The van der Waals surface area contributed by atoms with Crippen LogP contribution in [0.3, 0.4) is 0 Å². The number of alkyl halides is 2. The number of para-hydroxylation sites is 2. The molecule has 0 spiro atoms. The number of fused-ring (bicyclic) bond motifs is 1.